The third kappa shape index (κ3) is 4.74. The molecule has 188 valence electrons. The molecule has 0 atom stereocenters. The van der Waals surface area contributed by atoms with Crippen molar-refractivity contribution in [3.63, 3.8) is 0 Å². The second-order valence-corrected chi connectivity index (χ2v) is 9.45. The van der Waals surface area contributed by atoms with Crippen LogP contribution in [0.1, 0.15) is 35.9 Å². The summed E-state index contributed by atoms with van der Waals surface area (Å²) < 4.78 is 1.74. The van der Waals surface area contributed by atoms with E-state index in [2.05, 4.69) is 5.32 Å². The van der Waals surface area contributed by atoms with Crippen LogP contribution in [0.15, 0.2) is 95.9 Å². The lowest BCUT2D eigenvalue weighted by Crippen LogP contribution is -2.17. The van der Waals surface area contributed by atoms with Crippen LogP contribution >= 0.6 is 11.8 Å². The summed E-state index contributed by atoms with van der Waals surface area (Å²) in [6.45, 7) is 0. The Balaban J connectivity index is 1.29. The van der Waals surface area contributed by atoms with Crippen molar-refractivity contribution in [3.05, 3.63) is 108 Å². The highest BCUT2D eigenvalue weighted by atomic mass is 32.2. The summed E-state index contributed by atoms with van der Waals surface area (Å²) in [6.07, 6.45) is 0. The minimum Gasteiger partial charge on any atom is -0.478 e. The van der Waals surface area contributed by atoms with Crippen LogP contribution in [-0.2, 0) is 0 Å². The zero-order valence-electron chi connectivity index (χ0n) is 19.8. The maximum atomic E-state index is 13.2. The van der Waals surface area contributed by atoms with E-state index in [4.69, 9.17) is 5.11 Å². The van der Waals surface area contributed by atoms with E-state index in [-0.39, 0.29) is 22.8 Å². The first-order valence-corrected chi connectivity index (χ1v) is 12.5. The summed E-state index contributed by atoms with van der Waals surface area (Å²) in [5.41, 5.74) is 1.35. The number of aromatic carboxylic acids is 2. The second kappa shape index (κ2) is 10.2. The monoisotopic (exact) mass is 524 g/mol. The van der Waals surface area contributed by atoms with E-state index in [0.717, 1.165) is 32.8 Å². The number of para-hydroxylation sites is 2. The van der Waals surface area contributed by atoms with Crippen LogP contribution in [0.25, 0.3) is 21.8 Å². The molecule has 5 aromatic rings. The number of carbonyl (C=O) groups excluding carboxylic acids is 2. The lowest BCUT2D eigenvalue weighted by Gasteiger charge is -2.10. The fourth-order valence-corrected chi connectivity index (χ4v) is 5.03. The number of rotatable bonds is 7. The minimum atomic E-state index is -1.40. The van der Waals surface area contributed by atoms with E-state index in [1.807, 2.05) is 48.5 Å². The summed E-state index contributed by atoms with van der Waals surface area (Å²) in [4.78, 5) is 49.4. The number of fused-ring (bicyclic) bond motifs is 3. The van der Waals surface area contributed by atoms with Gasteiger partial charge in [-0.2, -0.15) is 0 Å². The first-order valence-electron chi connectivity index (χ1n) is 11.5. The Morgan fingerprint density at radius 2 is 1.32 bits per heavy atom. The Morgan fingerprint density at radius 3 is 1.89 bits per heavy atom. The molecule has 3 N–H and O–H groups in total. The van der Waals surface area contributed by atoms with Gasteiger partial charge in [-0.3, -0.25) is 14.2 Å². The molecule has 0 spiro atoms. The van der Waals surface area contributed by atoms with Gasteiger partial charge in [0.15, 0.2) is 0 Å². The number of anilines is 1. The highest BCUT2D eigenvalue weighted by Gasteiger charge is 2.19. The molecule has 1 amide bonds. The topological polar surface area (TPSA) is 126 Å². The third-order valence-corrected chi connectivity index (χ3v) is 7.04. The molecular formula is C29H20N2O6S. The summed E-state index contributed by atoms with van der Waals surface area (Å²) in [6, 6.07) is 25.7. The van der Waals surface area contributed by atoms with Gasteiger partial charge in [0.2, 0.25) is 5.91 Å². The first-order chi connectivity index (χ1) is 18.3. The van der Waals surface area contributed by atoms with E-state index < -0.39 is 23.4 Å². The molecule has 9 heteroatoms. The fraction of sp³-hybridized carbons (Fsp3) is 0.0345. The number of carboxylic acid groups (broad SMARTS) is 2. The van der Waals surface area contributed by atoms with Gasteiger partial charge < -0.3 is 15.5 Å². The molecule has 0 aliphatic carbocycles. The SMILES string of the molecule is O=C(O)c1ccc(C(=O)Nc2ccc(SCC(=O)n3c4ccccc4c4ccccc43)cc2)c(C(=O)O)c1. The van der Waals surface area contributed by atoms with Gasteiger partial charge in [0, 0.05) is 21.4 Å². The lowest BCUT2D eigenvalue weighted by atomic mass is 10.0. The smallest absolute Gasteiger partial charge is 0.336 e. The fourth-order valence-electron chi connectivity index (χ4n) is 4.29. The molecule has 0 fully saturated rings. The Labute approximate surface area is 220 Å². The minimum absolute atomic E-state index is 0.0595. The summed E-state index contributed by atoms with van der Waals surface area (Å²) in [7, 11) is 0. The Kier molecular flexibility index (Phi) is 6.68. The molecule has 0 bridgehead atoms. The van der Waals surface area contributed by atoms with Crippen molar-refractivity contribution in [2.45, 2.75) is 4.90 Å². The number of carbonyl (C=O) groups is 4. The van der Waals surface area contributed by atoms with Crippen molar-refractivity contribution < 1.29 is 29.4 Å². The molecule has 0 saturated carbocycles. The van der Waals surface area contributed by atoms with Crippen LogP contribution in [0.3, 0.4) is 0 Å². The molecule has 38 heavy (non-hydrogen) atoms. The van der Waals surface area contributed by atoms with Crippen molar-refractivity contribution in [1.82, 2.24) is 4.57 Å². The zero-order valence-corrected chi connectivity index (χ0v) is 20.6. The molecule has 0 unspecified atom stereocenters. The van der Waals surface area contributed by atoms with Gasteiger partial charge in [0.1, 0.15) is 0 Å². The van der Waals surface area contributed by atoms with Gasteiger partial charge in [0.25, 0.3) is 5.91 Å². The highest BCUT2D eigenvalue weighted by Crippen LogP contribution is 2.30. The second-order valence-electron chi connectivity index (χ2n) is 8.40. The average molecular weight is 525 g/mol. The van der Waals surface area contributed by atoms with Crippen molar-refractivity contribution in [3.8, 4) is 0 Å². The number of hydrogen-bond acceptors (Lipinski definition) is 5. The summed E-state index contributed by atoms with van der Waals surface area (Å²) >= 11 is 1.36. The average Bonchev–Trinajstić information content (AvgIpc) is 3.26. The van der Waals surface area contributed by atoms with Crippen LogP contribution in [0.2, 0.25) is 0 Å². The molecule has 1 aromatic heterocycles. The standard InChI is InChI=1S/C29H20N2O6S/c32-26(31-24-7-3-1-5-20(24)21-6-2-4-8-25(21)31)16-38-19-12-10-18(11-13-19)30-27(33)22-14-9-17(28(34)35)15-23(22)29(36)37/h1-15H,16H2,(H,30,33)(H,34,35)(H,36,37). The maximum Gasteiger partial charge on any atom is 0.336 e. The molecule has 0 aliphatic heterocycles. The Bertz CT molecular complexity index is 1690. The van der Waals surface area contributed by atoms with Gasteiger partial charge in [-0.25, -0.2) is 9.59 Å². The highest BCUT2D eigenvalue weighted by molar-refractivity contribution is 8.00. The van der Waals surface area contributed by atoms with Gasteiger partial charge >= 0.3 is 11.9 Å². The maximum absolute atomic E-state index is 13.2. The molecule has 8 nitrogen and oxygen atoms in total. The summed E-state index contributed by atoms with van der Waals surface area (Å²) in [5, 5.41) is 23.2. The van der Waals surface area contributed by atoms with Crippen molar-refractivity contribution >= 4 is 63.0 Å². The van der Waals surface area contributed by atoms with Crippen molar-refractivity contribution in [2.24, 2.45) is 0 Å². The van der Waals surface area contributed by atoms with Crippen molar-refractivity contribution in [2.75, 3.05) is 11.1 Å². The Morgan fingerprint density at radius 1 is 0.711 bits per heavy atom. The molecule has 0 saturated heterocycles. The number of carboxylic acids is 2. The molecule has 5 rings (SSSR count). The van der Waals surface area contributed by atoms with Gasteiger partial charge in [0.05, 0.1) is 33.5 Å². The number of nitrogens with one attached hydrogen (secondary N) is 1. The molecule has 1 heterocycles. The van der Waals surface area contributed by atoms with Crippen LogP contribution in [0.4, 0.5) is 5.69 Å². The van der Waals surface area contributed by atoms with Gasteiger partial charge in [-0.05, 0) is 54.6 Å². The largest absolute Gasteiger partial charge is 0.478 e. The van der Waals surface area contributed by atoms with Gasteiger partial charge in [-0.15, -0.1) is 11.8 Å². The lowest BCUT2D eigenvalue weighted by molar-refractivity contribution is 0.0692. The number of nitrogens with zero attached hydrogens (tertiary/aromatic N) is 1. The zero-order chi connectivity index (χ0) is 26.8. The van der Waals surface area contributed by atoms with Crippen LogP contribution < -0.4 is 5.32 Å². The number of amides is 1. The number of hydrogen-bond donors (Lipinski definition) is 3. The number of aromatic nitrogens is 1. The molecule has 0 aliphatic rings. The number of thioether (sulfide) groups is 1. The van der Waals surface area contributed by atoms with Crippen LogP contribution in [-0.4, -0.2) is 44.3 Å². The van der Waals surface area contributed by atoms with E-state index in [9.17, 15) is 24.3 Å². The normalized spacial score (nSPS) is 10.9. The quantitative estimate of drug-likeness (QED) is 0.227. The van der Waals surface area contributed by atoms with Gasteiger partial charge in [-0.1, -0.05) is 36.4 Å². The van der Waals surface area contributed by atoms with Crippen molar-refractivity contribution in [1.29, 1.82) is 0 Å². The van der Waals surface area contributed by atoms with E-state index in [1.54, 1.807) is 28.8 Å². The third-order valence-electron chi connectivity index (χ3n) is 6.05. The van der Waals surface area contributed by atoms with E-state index in [1.165, 1.54) is 23.9 Å². The summed E-state index contributed by atoms with van der Waals surface area (Å²) in [5.74, 6) is -3.23. The predicted octanol–water partition coefficient (Wildman–Crippen LogP) is 5.88. The molecule has 4 aromatic carbocycles. The van der Waals surface area contributed by atoms with Crippen LogP contribution in [0.5, 0.6) is 0 Å². The molecular weight excluding hydrogens is 504 g/mol. The Hall–Kier alpha value is -4.89. The van der Waals surface area contributed by atoms with E-state index in [0.29, 0.717) is 5.69 Å². The number of benzene rings is 4. The first kappa shape index (κ1) is 24.8. The predicted molar refractivity (Wildman–Crippen MR) is 146 cm³/mol. The van der Waals surface area contributed by atoms with E-state index >= 15 is 0 Å². The molecule has 0 radical (unpaired) electrons. The van der Waals surface area contributed by atoms with Crippen LogP contribution in [0, 0.1) is 0 Å².